The van der Waals surface area contributed by atoms with Crippen LogP contribution in [0.2, 0.25) is 0 Å². The number of tetrazole rings is 1. The van der Waals surface area contributed by atoms with Crippen molar-refractivity contribution in [3.8, 4) is 5.69 Å². The second-order valence-corrected chi connectivity index (χ2v) is 6.84. The summed E-state index contributed by atoms with van der Waals surface area (Å²) in [6, 6.07) is 14.0. The molecular formula is C13H12BrN5S. The summed E-state index contributed by atoms with van der Waals surface area (Å²) in [6.45, 7) is 0.767. The van der Waals surface area contributed by atoms with Gasteiger partial charge in [-0.05, 0) is 50.6 Å². The maximum atomic E-state index is 4.12. The minimum atomic E-state index is 0.723. The van der Waals surface area contributed by atoms with Gasteiger partial charge in [0.2, 0.25) is 5.95 Å². The SMILES string of the molecule is CN(Cc1ccc(Br)s1)c1nnnn1-c1ccccc1. The fourth-order valence-electron chi connectivity index (χ4n) is 1.90. The van der Waals surface area contributed by atoms with Crippen molar-refractivity contribution in [3.05, 3.63) is 51.1 Å². The average Bonchev–Trinajstić information content (AvgIpc) is 3.09. The van der Waals surface area contributed by atoms with Gasteiger partial charge in [0.05, 0.1) is 16.0 Å². The molecule has 0 spiro atoms. The number of hydrogen-bond acceptors (Lipinski definition) is 5. The fraction of sp³-hybridized carbons (Fsp3) is 0.154. The monoisotopic (exact) mass is 349 g/mol. The standard InChI is InChI=1S/C13H12BrN5S/c1-18(9-11-7-8-12(14)20-11)13-15-16-17-19(13)10-5-3-2-4-6-10/h2-8H,9H2,1H3. The molecule has 2 heterocycles. The molecule has 0 aliphatic heterocycles. The van der Waals surface area contributed by atoms with E-state index in [2.05, 4.69) is 37.5 Å². The number of anilines is 1. The molecule has 20 heavy (non-hydrogen) atoms. The summed E-state index contributed by atoms with van der Waals surface area (Å²) in [5.41, 5.74) is 0.951. The van der Waals surface area contributed by atoms with Crippen molar-refractivity contribution in [1.29, 1.82) is 0 Å². The van der Waals surface area contributed by atoms with Crippen molar-refractivity contribution in [2.24, 2.45) is 0 Å². The van der Waals surface area contributed by atoms with E-state index in [0.29, 0.717) is 0 Å². The zero-order valence-corrected chi connectivity index (χ0v) is 13.2. The molecule has 3 aromatic rings. The first-order valence-electron chi connectivity index (χ1n) is 6.03. The number of rotatable bonds is 4. The summed E-state index contributed by atoms with van der Waals surface area (Å²) in [7, 11) is 1.98. The zero-order chi connectivity index (χ0) is 13.9. The van der Waals surface area contributed by atoms with Gasteiger partial charge in [0.1, 0.15) is 0 Å². The van der Waals surface area contributed by atoms with Crippen molar-refractivity contribution in [1.82, 2.24) is 20.2 Å². The Balaban J connectivity index is 1.86. The lowest BCUT2D eigenvalue weighted by Gasteiger charge is -2.16. The highest BCUT2D eigenvalue weighted by molar-refractivity contribution is 9.11. The van der Waals surface area contributed by atoms with Crippen LogP contribution in [0.25, 0.3) is 5.69 Å². The normalized spacial score (nSPS) is 10.7. The average molecular weight is 350 g/mol. The molecule has 0 aliphatic rings. The molecule has 0 saturated heterocycles. The van der Waals surface area contributed by atoms with Gasteiger partial charge in [0.25, 0.3) is 0 Å². The minimum Gasteiger partial charge on any atom is -0.337 e. The molecule has 0 unspecified atom stereocenters. The minimum absolute atomic E-state index is 0.723. The van der Waals surface area contributed by atoms with Gasteiger partial charge in [-0.3, -0.25) is 0 Å². The number of aromatic nitrogens is 4. The molecule has 1 aromatic carbocycles. The molecule has 102 valence electrons. The third kappa shape index (κ3) is 2.73. The Morgan fingerprint density at radius 2 is 2.00 bits per heavy atom. The summed E-state index contributed by atoms with van der Waals surface area (Å²) in [4.78, 5) is 3.28. The Kier molecular flexibility index (Phi) is 3.79. The van der Waals surface area contributed by atoms with Crippen LogP contribution in [0, 0.1) is 0 Å². The highest BCUT2D eigenvalue weighted by Gasteiger charge is 2.13. The predicted molar refractivity (Wildman–Crippen MR) is 83.3 cm³/mol. The Labute approximate surface area is 129 Å². The lowest BCUT2D eigenvalue weighted by Crippen LogP contribution is -2.20. The van der Waals surface area contributed by atoms with Gasteiger partial charge in [-0.15, -0.1) is 11.3 Å². The number of halogens is 1. The van der Waals surface area contributed by atoms with Crippen LogP contribution in [0.5, 0.6) is 0 Å². The van der Waals surface area contributed by atoms with E-state index in [1.54, 1.807) is 16.0 Å². The Bertz CT molecular complexity index is 694. The first-order chi connectivity index (χ1) is 9.74. The van der Waals surface area contributed by atoms with Crippen LogP contribution in [0.15, 0.2) is 46.3 Å². The highest BCUT2D eigenvalue weighted by Crippen LogP contribution is 2.24. The van der Waals surface area contributed by atoms with Crippen molar-refractivity contribution in [2.45, 2.75) is 6.54 Å². The molecule has 0 atom stereocenters. The molecule has 0 radical (unpaired) electrons. The summed E-state index contributed by atoms with van der Waals surface area (Å²) in [5.74, 6) is 0.723. The van der Waals surface area contributed by atoms with Crippen LogP contribution < -0.4 is 4.90 Å². The van der Waals surface area contributed by atoms with E-state index in [4.69, 9.17) is 0 Å². The molecular weight excluding hydrogens is 338 g/mol. The summed E-state index contributed by atoms with van der Waals surface area (Å²) < 4.78 is 2.87. The quantitative estimate of drug-likeness (QED) is 0.725. The van der Waals surface area contributed by atoms with Gasteiger partial charge in [-0.25, -0.2) is 0 Å². The zero-order valence-electron chi connectivity index (χ0n) is 10.8. The largest absolute Gasteiger partial charge is 0.337 e. The van der Waals surface area contributed by atoms with Gasteiger partial charge in [-0.2, -0.15) is 4.68 Å². The van der Waals surface area contributed by atoms with Crippen LogP contribution in [-0.2, 0) is 6.54 Å². The summed E-state index contributed by atoms with van der Waals surface area (Å²) >= 11 is 5.19. The van der Waals surface area contributed by atoms with Crippen molar-refractivity contribution < 1.29 is 0 Å². The summed E-state index contributed by atoms with van der Waals surface area (Å²) in [6.07, 6.45) is 0. The first-order valence-corrected chi connectivity index (χ1v) is 7.64. The number of thiophene rings is 1. The Hall–Kier alpha value is -1.73. The van der Waals surface area contributed by atoms with E-state index in [1.807, 2.05) is 48.3 Å². The van der Waals surface area contributed by atoms with Crippen molar-refractivity contribution >= 4 is 33.2 Å². The van der Waals surface area contributed by atoms with E-state index >= 15 is 0 Å². The third-order valence-corrected chi connectivity index (χ3v) is 4.43. The molecule has 5 nitrogen and oxygen atoms in total. The number of nitrogens with zero attached hydrogens (tertiary/aromatic N) is 5. The van der Waals surface area contributed by atoms with Gasteiger partial charge < -0.3 is 4.90 Å². The second-order valence-electron chi connectivity index (χ2n) is 4.29. The molecule has 3 rings (SSSR count). The Morgan fingerprint density at radius 1 is 1.20 bits per heavy atom. The van der Waals surface area contributed by atoms with E-state index in [1.165, 1.54) is 4.88 Å². The summed E-state index contributed by atoms with van der Waals surface area (Å²) in [5, 5.41) is 12.0. The van der Waals surface area contributed by atoms with Crippen LogP contribution >= 0.6 is 27.3 Å². The van der Waals surface area contributed by atoms with Crippen LogP contribution in [0.1, 0.15) is 4.88 Å². The topological polar surface area (TPSA) is 46.8 Å². The highest BCUT2D eigenvalue weighted by atomic mass is 79.9. The molecule has 0 saturated carbocycles. The molecule has 0 aliphatic carbocycles. The van der Waals surface area contributed by atoms with Crippen LogP contribution in [0.3, 0.4) is 0 Å². The van der Waals surface area contributed by atoms with E-state index in [9.17, 15) is 0 Å². The number of benzene rings is 1. The lowest BCUT2D eigenvalue weighted by molar-refractivity contribution is 0.773. The smallest absolute Gasteiger partial charge is 0.250 e. The van der Waals surface area contributed by atoms with Crippen molar-refractivity contribution in [2.75, 3.05) is 11.9 Å². The lowest BCUT2D eigenvalue weighted by atomic mass is 10.3. The maximum absolute atomic E-state index is 4.12. The predicted octanol–water partition coefficient (Wildman–Crippen LogP) is 3.12. The van der Waals surface area contributed by atoms with Crippen LogP contribution in [-0.4, -0.2) is 27.3 Å². The van der Waals surface area contributed by atoms with Gasteiger partial charge >= 0.3 is 0 Å². The Morgan fingerprint density at radius 3 is 2.70 bits per heavy atom. The molecule has 0 N–H and O–H groups in total. The van der Waals surface area contributed by atoms with Gasteiger partial charge in [0, 0.05) is 11.9 Å². The maximum Gasteiger partial charge on any atom is 0.250 e. The molecule has 0 fully saturated rings. The van der Waals surface area contributed by atoms with Gasteiger partial charge in [-0.1, -0.05) is 23.3 Å². The molecule has 7 heteroatoms. The van der Waals surface area contributed by atoms with Gasteiger partial charge in [0.15, 0.2) is 0 Å². The van der Waals surface area contributed by atoms with E-state index in [-0.39, 0.29) is 0 Å². The van der Waals surface area contributed by atoms with E-state index < -0.39 is 0 Å². The molecule has 2 aromatic heterocycles. The van der Waals surface area contributed by atoms with E-state index in [0.717, 1.165) is 22.0 Å². The van der Waals surface area contributed by atoms with Crippen LogP contribution in [0.4, 0.5) is 5.95 Å². The number of hydrogen-bond donors (Lipinski definition) is 0. The fourth-order valence-corrected chi connectivity index (χ4v) is 3.43. The second kappa shape index (κ2) is 5.72. The third-order valence-electron chi connectivity index (χ3n) is 2.82. The van der Waals surface area contributed by atoms with Crippen molar-refractivity contribution in [3.63, 3.8) is 0 Å². The molecule has 0 bridgehead atoms. The first kappa shape index (κ1) is 13.3. The molecule has 0 amide bonds. The number of para-hydroxylation sites is 1.